The summed E-state index contributed by atoms with van der Waals surface area (Å²) in [4.78, 5) is 23.7. The second-order valence-electron chi connectivity index (χ2n) is 5.92. The Bertz CT molecular complexity index is 771. The Labute approximate surface area is 138 Å². The molecule has 1 fully saturated rings. The Kier molecular flexibility index (Phi) is 4.60. The largest absolute Gasteiger partial charge is 0.490 e. The Morgan fingerprint density at radius 3 is 2.58 bits per heavy atom. The first-order valence-electron chi connectivity index (χ1n) is 7.83. The van der Waals surface area contributed by atoms with Gasteiger partial charge in [0, 0.05) is 5.56 Å². The molecule has 2 unspecified atom stereocenters. The van der Waals surface area contributed by atoms with Crippen molar-refractivity contribution in [2.45, 2.75) is 25.4 Å². The van der Waals surface area contributed by atoms with Crippen molar-refractivity contribution >= 4 is 11.8 Å². The topological polar surface area (TPSA) is 63.6 Å². The van der Waals surface area contributed by atoms with E-state index < -0.39 is 17.7 Å². The number of carbonyl (C=O) groups excluding carboxylic acids is 1. The van der Waals surface area contributed by atoms with Crippen molar-refractivity contribution in [1.82, 2.24) is 0 Å². The van der Waals surface area contributed by atoms with Crippen LogP contribution in [0.1, 0.15) is 35.2 Å². The van der Waals surface area contributed by atoms with Gasteiger partial charge in [0.2, 0.25) is 0 Å². The summed E-state index contributed by atoms with van der Waals surface area (Å²) in [5.41, 5.74) is 0.600. The quantitative estimate of drug-likeness (QED) is 0.850. The molecular weight excluding hydrogens is 311 g/mol. The average Bonchev–Trinajstić information content (AvgIpc) is 3.04. The number of carboxylic acids is 1. The highest BCUT2D eigenvalue weighted by atomic mass is 19.1. The molecule has 2 aromatic rings. The van der Waals surface area contributed by atoms with Gasteiger partial charge >= 0.3 is 5.97 Å². The molecule has 2 aromatic carbocycles. The maximum atomic E-state index is 13.4. The normalized spacial score (nSPS) is 19.9. The van der Waals surface area contributed by atoms with Crippen LogP contribution < -0.4 is 4.74 Å². The predicted octanol–water partition coefficient (Wildman–Crippen LogP) is 3.69. The van der Waals surface area contributed by atoms with Crippen molar-refractivity contribution in [1.29, 1.82) is 0 Å². The van der Waals surface area contributed by atoms with Gasteiger partial charge < -0.3 is 9.84 Å². The van der Waals surface area contributed by atoms with Gasteiger partial charge in [-0.25, -0.2) is 4.39 Å². The van der Waals surface area contributed by atoms with Crippen LogP contribution in [-0.2, 0) is 4.79 Å². The van der Waals surface area contributed by atoms with E-state index in [1.54, 1.807) is 30.3 Å². The number of aliphatic carboxylic acids is 1. The number of hydrogen-bond donors (Lipinski definition) is 1. The van der Waals surface area contributed by atoms with Gasteiger partial charge in [-0.1, -0.05) is 24.3 Å². The number of carboxylic acid groups (broad SMARTS) is 1. The average molecular weight is 328 g/mol. The molecule has 0 bridgehead atoms. The van der Waals surface area contributed by atoms with E-state index in [4.69, 9.17) is 9.84 Å². The lowest BCUT2D eigenvalue weighted by Crippen LogP contribution is -2.17. The fourth-order valence-corrected chi connectivity index (χ4v) is 2.99. The van der Waals surface area contributed by atoms with Crippen LogP contribution in [0.5, 0.6) is 5.75 Å². The minimum absolute atomic E-state index is 0.229. The molecule has 0 heterocycles. The van der Waals surface area contributed by atoms with Crippen LogP contribution >= 0.6 is 0 Å². The summed E-state index contributed by atoms with van der Waals surface area (Å²) in [6.07, 6.45) is 1.41. The van der Waals surface area contributed by atoms with Gasteiger partial charge in [0.25, 0.3) is 0 Å². The molecule has 0 radical (unpaired) electrons. The molecule has 124 valence electrons. The number of halogens is 1. The predicted molar refractivity (Wildman–Crippen MR) is 85.7 cm³/mol. The molecule has 0 saturated heterocycles. The van der Waals surface area contributed by atoms with Gasteiger partial charge in [-0.05, 0) is 43.5 Å². The number of ether oxygens (including phenoxy) is 1. The molecule has 3 rings (SSSR count). The second-order valence-corrected chi connectivity index (χ2v) is 5.92. The van der Waals surface area contributed by atoms with Crippen molar-refractivity contribution in [2.75, 3.05) is 0 Å². The molecule has 1 aliphatic carbocycles. The number of carbonyl (C=O) groups is 2. The fraction of sp³-hybridized carbons (Fsp3) is 0.263. The van der Waals surface area contributed by atoms with E-state index in [1.165, 1.54) is 18.2 Å². The van der Waals surface area contributed by atoms with E-state index in [1.807, 2.05) is 0 Å². The maximum absolute atomic E-state index is 13.4. The monoisotopic (exact) mass is 328 g/mol. The fourth-order valence-electron chi connectivity index (χ4n) is 2.99. The van der Waals surface area contributed by atoms with Crippen LogP contribution in [0.25, 0.3) is 0 Å². The zero-order chi connectivity index (χ0) is 17.1. The van der Waals surface area contributed by atoms with Crippen LogP contribution in [0.3, 0.4) is 0 Å². The van der Waals surface area contributed by atoms with E-state index >= 15 is 0 Å². The summed E-state index contributed by atoms with van der Waals surface area (Å²) in [7, 11) is 0. The van der Waals surface area contributed by atoms with E-state index in [0.717, 1.165) is 0 Å². The summed E-state index contributed by atoms with van der Waals surface area (Å²) in [6, 6.07) is 12.3. The summed E-state index contributed by atoms with van der Waals surface area (Å²) in [5.74, 6) is -1.61. The summed E-state index contributed by atoms with van der Waals surface area (Å²) < 4.78 is 19.2. The molecule has 5 heteroatoms. The first-order chi connectivity index (χ1) is 11.5. The molecule has 0 amide bonds. The van der Waals surface area contributed by atoms with Crippen molar-refractivity contribution in [3.63, 3.8) is 0 Å². The number of rotatable bonds is 5. The summed E-state index contributed by atoms with van der Waals surface area (Å²) in [6.45, 7) is 0. The van der Waals surface area contributed by atoms with Gasteiger partial charge in [0.1, 0.15) is 11.6 Å². The molecular formula is C19H17FO4. The van der Waals surface area contributed by atoms with Crippen molar-refractivity contribution < 1.29 is 23.8 Å². The molecule has 2 atom stereocenters. The minimum Gasteiger partial charge on any atom is -0.490 e. The van der Waals surface area contributed by atoms with Crippen LogP contribution in [0.15, 0.2) is 48.5 Å². The van der Waals surface area contributed by atoms with Crippen LogP contribution in [-0.4, -0.2) is 23.0 Å². The van der Waals surface area contributed by atoms with Gasteiger partial charge in [-0.3, -0.25) is 9.59 Å². The van der Waals surface area contributed by atoms with Crippen LogP contribution in [0, 0.1) is 11.7 Å². The van der Waals surface area contributed by atoms with Crippen molar-refractivity contribution in [2.24, 2.45) is 5.92 Å². The van der Waals surface area contributed by atoms with E-state index in [9.17, 15) is 14.0 Å². The molecule has 1 saturated carbocycles. The van der Waals surface area contributed by atoms with Crippen LogP contribution in [0.2, 0.25) is 0 Å². The minimum atomic E-state index is -0.815. The molecule has 24 heavy (non-hydrogen) atoms. The molecule has 1 N–H and O–H groups in total. The molecule has 0 spiro atoms. The van der Waals surface area contributed by atoms with Crippen molar-refractivity contribution in [3.05, 3.63) is 65.5 Å². The lowest BCUT2D eigenvalue weighted by atomic mass is 10.0. The number of benzene rings is 2. The second kappa shape index (κ2) is 6.83. The van der Waals surface area contributed by atoms with Gasteiger partial charge in [-0.15, -0.1) is 0 Å². The molecule has 1 aliphatic rings. The standard InChI is InChI=1S/C19H17FO4/c20-14-5-3-4-12(10-14)18(21)16-6-1-2-7-17(16)24-15-9-8-13(11-15)19(22)23/h1-7,10,13,15H,8-9,11H2,(H,22,23). The number of para-hydroxylation sites is 1. The van der Waals surface area contributed by atoms with Gasteiger partial charge in [0.15, 0.2) is 5.78 Å². The van der Waals surface area contributed by atoms with Gasteiger partial charge in [0.05, 0.1) is 17.6 Å². The van der Waals surface area contributed by atoms with E-state index in [-0.39, 0.29) is 17.5 Å². The molecule has 0 aliphatic heterocycles. The highest BCUT2D eigenvalue weighted by Crippen LogP contribution is 2.31. The van der Waals surface area contributed by atoms with E-state index in [2.05, 4.69) is 0 Å². The first kappa shape index (κ1) is 16.2. The lowest BCUT2D eigenvalue weighted by molar-refractivity contribution is -0.141. The van der Waals surface area contributed by atoms with Crippen LogP contribution in [0.4, 0.5) is 4.39 Å². The Morgan fingerprint density at radius 2 is 1.88 bits per heavy atom. The number of ketones is 1. The smallest absolute Gasteiger partial charge is 0.306 e. The summed E-state index contributed by atoms with van der Waals surface area (Å²) >= 11 is 0. The molecule has 4 nitrogen and oxygen atoms in total. The zero-order valence-electron chi connectivity index (χ0n) is 12.9. The summed E-state index contributed by atoms with van der Waals surface area (Å²) in [5, 5.41) is 9.07. The van der Waals surface area contributed by atoms with Gasteiger partial charge in [-0.2, -0.15) is 0 Å². The highest BCUT2D eigenvalue weighted by Gasteiger charge is 2.31. The Balaban J connectivity index is 1.81. The third-order valence-corrected chi connectivity index (χ3v) is 4.25. The SMILES string of the molecule is O=C(c1cccc(F)c1)c1ccccc1OC1CCC(C(=O)O)C1. The number of hydrogen-bond acceptors (Lipinski definition) is 3. The van der Waals surface area contributed by atoms with E-state index in [0.29, 0.717) is 30.6 Å². The van der Waals surface area contributed by atoms with Crippen molar-refractivity contribution in [3.8, 4) is 5.75 Å². The maximum Gasteiger partial charge on any atom is 0.306 e. The Hall–Kier alpha value is -2.69. The lowest BCUT2D eigenvalue weighted by Gasteiger charge is -2.16. The first-order valence-corrected chi connectivity index (χ1v) is 7.83. The highest BCUT2D eigenvalue weighted by molar-refractivity contribution is 6.10. The zero-order valence-corrected chi connectivity index (χ0v) is 12.9. The Morgan fingerprint density at radius 1 is 1.08 bits per heavy atom. The third kappa shape index (κ3) is 3.45. The molecule has 0 aromatic heterocycles. The third-order valence-electron chi connectivity index (χ3n) is 4.25.